The van der Waals surface area contributed by atoms with E-state index < -0.39 is 24.4 Å². The maximum Gasteiger partial charge on any atom is 0.113 e. The summed E-state index contributed by atoms with van der Waals surface area (Å²) in [6.07, 6.45) is -2.94. The molecule has 0 radical (unpaired) electrons. The third kappa shape index (κ3) is 1.64. The topological polar surface area (TPSA) is 58.9 Å². The van der Waals surface area contributed by atoms with Gasteiger partial charge in [-0.05, 0) is 11.1 Å². The molecule has 2 rings (SSSR count). The molecular weight excluding hydrogens is 208 g/mol. The smallest absolute Gasteiger partial charge is 0.113 e. The Labute approximate surface area is 94.4 Å². The molecular formula is C12H16O4. The second-order valence-electron chi connectivity index (χ2n) is 3.92. The first kappa shape index (κ1) is 11.5. The maximum absolute atomic E-state index is 9.93. The van der Waals surface area contributed by atoms with Crippen molar-refractivity contribution in [1.29, 1.82) is 0 Å². The van der Waals surface area contributed by atoms with Gasteiger partial charge in [0.15, 0.2) is 0 Å². The van der Waals surface area contributed by atoms with Crippen LogP contribution in [0.5, 0.6) is 0 Å². The molecule has 0 amide bonds. The van der Waals surface area contributed by atoms with E-state index in [9.17, 15) is 10.2 Å². The van der Waals surface area contributed by atoms with E-state index in [2.05, 4.69) is 0 Å². The van der Waals surface area contributed by atoms with Gasteiger partial charge in [0, 0.05) is 14.2 Å². The highest BCUT2D eigenvalue weighted by atomic mass is 16.5. The zero-order valence-electron chi connectivity index (χ0n) is 9.33. The number of benzene rings is 1. The molecule has 4 nitrogen and oxygen atoms in total. The van der Waals surface area contributed by atoms with Crippen molar-refractivity contribution >= 4 is 0 Å². The van der Waals surface area contributed by atoms with Gasteiger partial charge in [0.25, 0.3) is 0 Å². The largest absolute Gasteiger partial charge is 0.387 e. The van der Waals surface area contributed by atoms with Gasteiger partial charge in [-0.25, -0.2) is 0 Å². The van der Waals surface area contributed by atoms with E-state index in [1.54, 1.807) is 0 Å². The van der Waals surface area contributed by atoms with E-state index in [4.69, 9.17) is 9.47 Å². The summed E-state index contributed by atoms with van der Waals surface area (Å²) in [5.41, 5.74) is 1.74. The number of aliphatic hydroxyl groups excluding tert-OH is 2. The molecule has 1 aliphatic rings. The van der Waals surface area contributed by atoms with Gasteiger partial charge < -0.3 is 19.7 Å². The molecule has 88 valence electrons. The summed E-state index contributed by atoms with van der Waals surface area (Å²) in [6.45, 7) is 0. The first-order valence-corrected chi connectivity index (χ1v) is 5.21. The van der Waals surface area contributed by atoms with Crippen LogP contribution in [-0.4, -0.2) is 36.6 Å². The minimum Gasteiger partial charge on any atom is -0.387 e. The van der Waals surface area contributed by atoms with Crippen LogP contribution in [0.15, 0.2) is 24.3 Å². The van der Waals surface area contributed by atoms with Gasteiger partial charge in [0.05, 0.1) is 0 Å². The van der Waals surface area contributed by atoms with Crippen LogP contribution in [0.2, 0.25) is 0 Å². The fourth-order valence-corrected chi connectivity index (χ4v) is 2.29. The first-order chi connectivity index (χ1) is 7.70. The molecule has 0 bridgehead atoms. The minimum atomic E-state index is -0.968. The van der Waals surface area contributed by atoms with Gasteiger partial charge in [-0.3, -0.25) is 0 Å². The summed E-state index contributed by atoms with van der Waals surface area (Å²) < 4.78 is 10.5. The van der Waals surface area contributed by atoms with Crippen LogP contribution in [0.4, 0.5) is 0 Å². The molecule has 0 unspecified atom stereocenters. The summed E-state index contributed by atoms with van der Waals surface area (Å²) in [5, 5.41) is 19.9. The highest BCUT2D eigenvalue weighted by Crippen LogP contribution is 2.39. The van der Waals surface area contributed by atoms with Crippen LogP contribution >= 0.6 is 0 Å². The van der Waals surface area contributed by atoms with Gasteiger partial charge in [0.1, 0.15) is 24.4 Å². The fourth-order valence-electron chi connectivity index (χ4n) is 2.29. The van der Waals surface area contributed by atoms with Crippen molar-refractivity contribution < 1.29 is 19.7 Å². The maximum atomic E-state index is 9.93. The SMILES string of the molecule is CO[C@@H]1c2ccccc2[C@H](OC)[C@@H](O)[C@H]1O. The number of fused-ring (bicyclic) bond motifs is 1. The fraction of sp³-hybridized carbons (Fsp3) is 0.500. The highest BCUT2D eigenvalue weighted by molar-refractivity contribution is 5.36. The lowest BCUT2D eigenvalue weighted by Gasteiger charge is -2.37. The minimum absolute atomic E-state index is 0.502. The van der Waals surface area contributed by atoms with Crippen molar-refractivity contribution in [1.82, 2.24) is 0 Å². The molecule has 2 N–H and O–H groups in total. The van der Waals surface area contributed by atoms with Crippen molar-refractivity contribution in [2.45, 2.75) is 24.4 Å². The molecule has 0 aromatic heterocycles. The molecule has 4 atom stereocenters. The average Bonchev–Trinajstić information content (AvgIpc) is 2.31. The van der Waals surface area contributed by atoms with Crippen LogP contribution in [0.1, 0.15) is 23.3 Å². The van der Waals surface area contributed by atoms with Gasteiger partial charge in [-0.1, -0.05) is 24.3 Å². The van der Waals surface area contributed by atoms with Gasteiger partial charge in [-0.15, -0.1) is 0 Å². The van der Waals surface area contributed by atoms with Crippen LogP contribution in [0.3, 0.4) is 0 Å². The van der Waals surface area contributed by atoms with Crippen molar-refractivity contribution in [3.8, 4) is 0 Å². The molecule has 1 aliphatic carbocycles. The zero-order chi connectivity index (χ0) is 11.7. The quantitative estimate of drug-likeness (QED) is 0.780. The van der Waals surface area contributed by atoms with Crippen molar-refractivity contribution in [2.24, 2.45) is 0 Å². The first-order valence-electron chi connectivity index (χ1n) is 5.21. The molecule has 0 saturated heterocycles. The third-order valence-electron chi connectivity index (χ3n) is 3.09. The lowest BCUT2D eigenvalue weighted by atomic mass is 9.83. The second-order valence-corrected chi connectivity index (χ2v) is 3.92. The highest BCUT2D eigenvalue weighted by Gasteiger charge is 2.41. The Kier molecular flexibility index (Phi) is 3.25. The van der Waals surface area contributed by atoms with E-state index in [1.807, 2.05) is 24.3 Å². The summed E-state index contributed by atoms with van der Waals surface area (Å²) in [4.78, 5) is 0. The summed E-state index contributed by atoms with van der Waals surface area (Å²) in [5.74, 6) is 0. The van der Waals surface area contributed by atoms with Crippen LogP contribution < -0.4 is 0 Å². The number of hydrogen-bond acceptors (Lipinski definition) is 4. The third-order valence-corrected chi connectivity index (χ3v) is 3.09. The zero-order valence-corrected chi connectivity index (χ0v) is 9.33. The summed E-state index contributed by atoms with van der Waals surface area (Å²) in [7, 11) is 3.04. The number of ether oxygens (including phenoxy) is 2. The molecule has 0 aliphatic heterocycles. The molecule has 0 fully saturated rings. The summed E-state index contributed by atoms with van der Waals surface area (Å²) in [6, 6.07) is 7.51. The van der Waals surface area contributed by atoms with E-state index >= 15 is 0 Å². The van der Waals surface area contributed by atoms with Crippen LogP contribution in [-0.2, 0) is 9.47 Å². The van der Waals surface area contributed by atoms with E-state index in [1.165, 1.54) is 14.2 Å². The molecule has 0 heterocycles. The standard InChI is InChI=1S/C12H16O4/c1-15-11-7-5-3-4-6-8(7)12(16-2)10(14)9(11)13/h3-6,9-14H,1-2H3/t9-,10+,11-,12+. The molecule has 1 aromatic carbocycles. The van der Waals surface area contributed by atoms with Crippen molar-refractivity contribution in [3.63, 3.8) is 0 Å². The van der Waals surface area contributed by atoms with Crippen LogP contribution in [0, 0.1) is 0 Å². The van der Waals surface area contributed by atoms with E-state index in [0.29, 0.717) is 0 Å². The Morgan fingerprint density at radius 3 is 1.56 bits per heavy atom. The Bertz CT molecular complexity index is 331. The Morgan fingerprint density at radius 1 is 0.875 bits per heavy atom. The van der Waals surface area contributed by atoms with E-state index in [0.717, 1.165) is 11.1 Å². The van der Waals surface area contributed by atoms with Gasteiger partial charge >= 0.3 is 0 Å². The Morgan fingerprint density at radius 2 is 1.25 bits per heavy atom. The number of hydrogen-bond donors (Lipinski definition) is 2. The normalized spacial score (nSPS) is 33.5. The van der Waals surface area contributed by atoms with E-state index in [-0.39, 0.29) is 0 Å². The number of rotatable bonds is 2. The Balaban J connectivity index is 2.49. The van der Waals surface area contributed by atoms with Gasteiger partial charge in [0.2, 0.25) is 0 Å². The lowest BCUT2D eigenvalue weighted by Crippen LogP contribution is -2.42. The molecule has 0 saturated carbocycles. The average molecular weight is 224 g/mol. The monoisotopic (exact) mass is 224 g/mol. The number of methoxy groups -OCH3 is 2. The summed E-state index contributed by atoms with van der Waals surface area (Å²) >= 11 is 0. The van der Waals surface area contributed by atoms with Gasteiger partial charge in [-0.2, -0.15) is 0 Å². The predicted octanol–water partition coefficient (Wildman–Crippen LogP) is 0.797. The molecule has 16 heavy (non-hydrogen) atoms. The molecule has 1 aromatic rings. The van der Waals surface area contributed by atoms with Crippen LogP contribution in [0.25, 0.3) is 0 Å². The predicted molar refractivity (Wildman–Crippen MR) is 58.0 cm³/mol. The second kappa shape index (κ2) is 4.51. The number of aliphatic hydroxyl groups is 2. The molecule has 0 spiro atoms. The lowest BCUT2D eigenvalue weighted by molar-refractivity contribution is -0.138. The Hall–Kier alpha value is -0.940. The van der Waals surface area contributed by atoms with Crippen molar-refractivity contribution in [3.05, 3.63) is 35.4 Å². The molecule has 4 heteroatoms. The van der Waals surface area contributed by atoms with Crippen molar-refractivity contribution in [2.75, 3.05) is 14.2 Å².